The van der Waals surface area contributed by atoms with E-state index in [1.54, 1.807) is 12.1 Å². The van der Waals surface area contributed by atoms with Crippen LogP contribution in [0.25, 0.3) is 5.65 Å². The highest BCUT2D eigenvalue weighted by molar-refractivity contribution is 6.31. The van der Waals surface area contributed by atoms with Crippen molar-refractivity contribution >= 4 is 28.8 Å². The first-order valence-electron chi connectivity index (χ1n) is 8.91. The summed E-state index contributed by atoms with van der Waals surface area (Å²) >= 11 is 6.05. The zero-order chi connectivity index (χ0) is 19.1. The number of amides is 1. The minimum Gasteiger partial charge on any atom is -0.329 e. The Morgan fingerprint density at radius 1 is 1.41 bits per heavy atom. The van der Waals surface area contributed by atoms with Crippen molar-refractivity contribution in [3.8, 4) is 0 Å². The van der Waals surface area contributed by atoms with Crippen molar-refractivity contribution in [3.05, 3.63) is 62.2 Å². The van der Waals surface area contributed by atoms with Crippen LogP contribution in [-0.4, -0.2) is 26.6 Å². The topological polar surface area (TPSA) is 80.4 Å². The van der Waals surface area contributed by atoms with Gasteiger partial charge in [-0.2, -0.15) is 9.61 Å². The molecule has 0 fully saturated rings. The quantitative estimate of drug-likeness (QED) is 0.725. The largest absolute Gasteiger partial charge is 0.329 e. The van der Waals surface area contributed by atoms with Crippen molar-refractivity contribution in [2.24, 2.45) is 0 Å². The fourth-order valence-corrected chi connectivity index (χ4v) is 3.77. The van der Waals surface area contributed by atoms with E-state index in [1.165, 1.54) is 10.7 Å². The van der Waals surface area contributed by atoms with Crippen molar-refractivity contribution in [2.45, 2.75) is 33.4 Å². The Hall–Kier alpha value is -2.64. The smallest absolute Gasteiger partial charge is 0.279 e. The van der Waals surface area contributed by atoms with Crippen LogP contribution in [0.3, 0.4) is 0 Å². The summed E-state index contributed by atoms with van der Waals surface area (Å²) in [5, 5.41) is 10.9. The standard InChI is InChI=1S/C19H20ClN5O2/c1-3-24-16-6-7-21-9-13(16)19(27)25-18(24)14(10-22-25)17(26)23-15-8-12(20)5-4-11(15)2/h4-5,8,10,21H,3,6-7,9H2,1-2H3,(H,23,26). The number of nitrogens with one attached hydrogen (secondary N) is 2. The molecule has 8 heteroatoms. The molecule has 0 saturated carbocycles. The second-order valence-corrected chi connectivity index (χ2v) is 7.04. The molecule has 3 heterocycles. The number of anilines is 1. The molecule has 0 saturated heterocycles. The van der Waals surface area contributed by atoms with E-state index in [2.05, 4.69) is 15.7 Å². The fourth-order valence-electron chi connectivity index (χ4n) is 3.60. The fraction of sp³-hybridized carbons (Fsp3) is 0.316. The van der Waals surface area contributed by atoms with E-state index in [0.717, 1.165) is 29.8 Å². The monoisotopic (exact) mass is 385 g/mol. The molecule has 140 valence electrons. The summed E-state index contributed by atoms with van der Waals surface area (Å²) < 4.78 is 3.35. The molecule has 0 atom stereocenters. The summed E-state index contributed by atoms with van der Waals surface area (Å²) in [5.41, 5.74) is 3.96. The lowest BCUT2D eigenvalue weighted by molar-refractivity contribution is 0.102. The van der Waals surface area contributed by atoms with Crippen molar-refractivity contribution in [3.63, 3.8) is 0 Å². The maximum absolute atomic E-state index is 13.0. The Labute approximate surface area is 160 Å². The number of hydrogen-bond donors (Lipinski definition) is 2. The van der Waals surface area contributed by atoms with E-state index in [1.807, 2.05) is 24.5 Å². The Bertz CT molecular complexity index is 1120. The van der Waals surface area contributed by atoms with Crippen LogP contribution < -0.4 is 16.2 Å². The van der Waals surface area contributed by atoms with Crippen LogP contribution in [0.1, 0.15) is 34.1 Å². The second kappa shape index (κ2) is 6.83. The van der Waals surface area contributed by atoms with Gasteiger partial charge in [0.25, 0.3) is 11.5 Å². The van der Waals surface area contributed by atoms with Gasteiger partial charge in [-0.15, -0.1) is 0 Å². The van der Waals surface area contributed by atoms with E-state index >= 15 is 0 Å². The first-order chi connectivity index (χ1) is 13.0. The second-order valence-electron chi connectivity index (χ2n) is 6.61. The highest BCUT2D eigenvalue weighted by Gasteiger charge is 2.24. The molecular weight excluding hydrogens is 366 g/mol. The Kier molecular flexibility index (Phi) is 4.49. The van der Waals surface area contributed by atoms with E-state index < -0.39 is 0 Å². The summed E-state index contributed by atoms with van der Waals surface area (Å²) in [5.74, 6) is -0.314. The Balaban J connectivity index is 1.85. The van der Waals surface area contributed by atoms with Gasteiger partial charge in [-0.3, -0.25) is 9.59 Å². The van der Waals surface area contributed by atoms with Crippen molar-refractivity contribution in [1.29, 1.82) is 0 Å². The molecular formula is C19H20ClN5O2. The SMILES string of the molecule is CCn1c2c(c(=O)n3ncc(C(=O)Nc4cc(Cl)ccc4C)c13)CNCC2. The van der Waals surface area contributed by atoms with Crippen LogP contribution in [0.15, 0.2) is 29.2 Å². The van der Waals surface area contributed by atoms with Gasteiger partial charge in [-0.05, 0) is 31.5 Å². The molecule has 1 aliphatic rings. The molecule has 7 nitrogen and oxygen atoms in total. The third-order valence-electron chi connectivity index (χ3n) is 4.97. The summed E-state index contributed by atoms with van der Waals surface area (Å²) in [6, 6.07) is 5.33. The number of nitrogens with zero attached hydrogens (tertiary/aromatic N) is 3. The third-order valence-corrected chi connectivity index (χ3v) is 5.21. The molecule has 0 unspecified atom stereocenters. The first kappa shape index (κ1) is 17.8. The zero-order valence-electron chi connectivity index (χ0n) is 15.2. The Morgan fingerprint density at radius 3 is 3.00 bits per heavy atom. The molecule has 2 N–H and O–H groups in total. The van der Waals surface area contributed by atoms with E-state index in [0.29, 0.717) is 35.0 Å². The summed E-state index contributed by atoms with van der Waals surface area (Å²) in [4.78, 5) is 25.8. The van der Waals surface area contributed by atoms with E-state index in [-0.39, 0.29) is 11.5 Å². The van der Waals surface area contributed by atoms with Crippen molar-refractivity contribution in [2.75, 3.05) is 11.9 Å². The van der Waals surface area contributed by atoms with Gasteiger partial charge < -0.3 is 15.2 Å². The molecule has 1 amide bonds. The molecule has 3 aromatic rings. The number of hydrogen-bond acceptors (Lipinski definition) is 4. The normalized spacial score (nSPS) is 13.6. The van der Waals surface area contributed by atoms with Gasteiger partial charge in [0.2, 0.25) is 0 Å². The number of halogens is 1. The first-order valence-corrected chi connectivity index (χ1v) is 9.29. The average molecular weight is 386 g/mol. The van der Waals surface area contributed by atoms with Crippen LogP contribution in [0.2, 0.25) is 5.02 Å². The number of aromatic nitrogens is 3. The van der Waals surface area contributed by atoms with Crippen LogP contribution >= 0.6 is 11.6 Å². The van der Waals surface area contributed by atoms with E-state index in [4.69, 9.17) is 11.6 Å². The summed E-state index contributed by atoms with van der Waals surface area (Å²) in [6.45, 7) is 5.87. The minimum absolute atomic E-state index is 0.171. The van der Waals surface area contributed by atoms with Gasteiger partial charge in [0, 0.05) is 42.5 Å². The molecule has 27 heavy (non-hydrogen) atoms. The van der Waals surface area contributed by atoms with Gasteiger partial charge in [0.05, 0.1) is 11.8 Å². The van der Waals surface area contributed by atoms with Crippen LogP contribution in [-0.2, 0) is 19.5 Å². The number of carbonyl (C=O) groups excluding carboxylic acids is 1. The number of rotatable bonds is 3. The number of fused-ring (bicyclic) bond motifs is 2. The summed E-state index contributed by atoms with van der Waals surface area (Å²) in [6.07, 6.45) is 2.20. The van der Waals surface area contributed by atoms with Crippen molar-refractivity contribution in [1.82, 2.24) is 19.5 Å². The summed E-state index contributed by atoms with van der Waals surface area (Å²) in [7, 11) is 0. The minimum atomic E-state index is -0.314. The lowest BCUT2D eigenvalue weighted by Crippen LogP contribution is -2.36. The molecule has 0 spiro atoms. The van der Waals surface area contributed by atoms with Crippen LogP contribution in [0.4, 0.5) is 5.69 Å². The molecule has 1 aliphatic heterocycles. The maximum atomic E-state index is 13.0. The van der Waals surface area contributed by atoms with Gasteiger partial charge >= 0.3 is 0 Å². The van der Waals surface area contributed by atoms with Gasteiger partial charge in [-0.25, -0.2) is 0 Å². The van der Waals surface area contributed by atoms with Gasteiger partial charge in [0.15, 0.2) is 5.65 Å². The maximum Gasteiger partial charge on any atom is 0.279 e. The third kappa shape index (κ3) is 2.93. The highest BCUT2D eigenvalue weighted by Crippen LogP contribution is 2.22. The van der Waals surface area contributed by atoms with Crippen LogP contribution in [0, 0.1) is 6.92 Å². The number of benzene rings is 1. The lowest BCUT2D eigenvalue weighted by Gasteiger charge is -2.22. The molecule has 0 bridgehead atoms. The van der Waals surface area contributed by atoms with Gasteiger partial charge in [-0.1, -0.05) is 17.7 Å². The van der Waals surface area contributed by atoms with Crippen molar-refractivity contribution < 1.29 is 4.79 Å². The van der Waals surface area contributed by atoms with Crippen LogP contribution in [0.5, 0.6) is 0 Å². The zero-order valence-corrected chi connectivity index (χ0v) is 15.9. The lowest BCUT2D eigenvalue weighted by atomic mass is 10.1. The van der Waals surface area contributed by atoms with E-state index in [9.17, 15) is 9.59 Å². The molecule has 2 aromatic heterocycles. The molecule has 0 radical (unpaired) electrons. The Morgan fingerprint density at radius 2 is 2.22 bits per heavy atom. The average Bonchev–Trinajstić information content (AvgIpc) is 3.11. The molecule has 0 aliphatic carbocycles. The molecule has 4 rings (SSSR count). The molecule has 1 aromatic carbocycles. The number of aryl methyl sites for hydroxylation is 2. The highest BCUT2D eigenvalue weighted by atomic mass is 35.5. The van der Waals surface area contributed by atoms with Gasteiger partial charge in [0.1, 0.15) is 5.56 Å². The predicted octanol–water partition coefficient (Wildman–Crippen LogP) is 2.38. The predicted molar refractivity (Wildman–Crippen MR) is 105 cm³/mol. The number of carbonyl (C=O) groups is 1.